The molecule has 0 aliphatic heterocycles. The first kappa shape index (κ1) is 15.5. The van der Waals surface area contributed by atoms with E-state index in [0.717, 1.165) is 0 Å². The normalized spacial score (nSPS) is 13.7. The van der Waals surface area contributed by atoms with E-state index in [9.17, 15) is 9.50 Å². The molecule has 0 heterocycles. The monoisotopic (exact) mass is 289 g/mol. The van der Waals surface area contributed by atoms with Crippen molar-refractivity contribution in [3.63, 3.8) is 0 Å². The Labute approximate surface area is 124 Å². The summed E-state index contributed by atoms with van der Waals surface area (Å²) in [4.78, 5) is 0. The van der Waals surface area contributed by atoms with Gasteiger partial charge in [-0.05, 0) is 36.8 Å². The molecule has 4 heteroatoms. The highest BCUT2D eigenvalue weighted by Gasteiger charge is 2.09. The van der Waals surface area contributed by atoms with Crippen LogP contribution in [0.15, 0.2) is 54.6 Å². The Bertz CT molecular complexity index is 530. The molecule has 0 saturated heterocycles. The third-order valence-electron chi connectivity index (χ3n) is 3.22. The summed E-state index contributed by atoms with van der Waals surface area (Å²) in [6.07, 6.45) is -0.624. The molecule has 0 amide bonds. The number of benzene rings is 2. The summed E-state index contributed by atoms with van der Waals surface area (Å²) in [6.45, 7) is 2.64. The summed E-state index contributed by atoms with van der Waals surface area (Å²) in [5.41, 5.74) is 1.17. The van der Waals surface area contributed by atoms with Crippen LogP contribution in [0.1, 0.15) is 18.5 Å². The average molecular weight is 289 g/mol. The van der Waals surface area contributed by atoms with Crippen LogP contribution in [0.5, 0.6) is 5.75 Å². The molecule has 2 aromatic carbocycles. The van der Waals surface area contributed by atoms with Gasteiger partial charge in [0.15, 0.2) is 0 Å². The van der Waals surface area contributed by atoms with Gasteiger partial charge in [0.05, 0.1) is 0 Å². The van der Waals surface area contributed by atoms with Crippen molar-refractivity contribution in [1.82, 2.24) is 5.32 Å². The predicted molar refractivity (Wildman–Crippen MR) is 80.8 cm³/mol. The van der Waals surface area contributed by atoms with Gasteiger partial charge < -0.3 is 15.2 Å². The van der Waals surface area contributed by atoms with Gasteiger partial charge in [-0.15, -0.1) is 0 Å². The third kappa shape index (κ3) is 5.17. The van der Waals surface area contributed by atoms with Crippen molar-refractivity contribution in [2.45, 2.75) is 19.1 Å². The first-order chi connectivity index (χ1) is 10.1. The standard InChI is InChI=1S/C17H20FNO2/c1-13(14-5-3-2-4-6-14)19-11-16(20)12-21-17-9-7-15(18)8-10-17/h2-10,13,16,19-20H,11-12H2,1H3/t13-,16-/m0/s1. The van der Waals surface area contributed by atoms with Crippen LogP contribution >= 0.6 is 0 Å². The number of rotatable bonds is 7. The van der Waals surface area contributed by atoms with Gasteiger partial charge in [0.25, 0.3) is 0 Å². The van der Waals surface area contributed by atoms with Crippen molar-refractivity contribution < 1.29 is 14.2 Å². The van der Waals surface area contributed by atoms with Gasteiger partial charge >= 0.3 is 0 Å². The van der Waals surface area contributed by atoms with Crippen LogP contribution < -0.4 is 10.1 Å². The van der Waals surface area contributed by atoms with Gasteiger partial charge in [0.1, 0.15) is 24.3 Å². The zero-order valence-electron chi connectivity index (χ0n) is 12.0. The van der Waals surface area contributed by atoms with E-state index in [0.29, 0.717) is 12.3 Å². The van der Waals surface area contributed by atoms with Gasteiger partial charge in [-0.2, -0.15) is 0 Å². The minimum atomic E-state index is -0.624. The summed E-state index contributed by atoms with van der Waals surface area (Å²) < 4.78 is 18.1. The fourth-order valence-electron chi connectivity index (χ4n) is 1.95. The maximum absolute atomic E-state index is 12.7. The average Bonchev–Trinajstić information content (AvgIpc) is 2.53. The van der Waals surface area contributed by atoms with E-state index in [2.05, 4.69) is 5.32 Å². The highest BCUT2D eigenvalue weighted by molar-refractivity contribution is 5.22. The number of halogens is 1. The zero-order chi connectivity index (χ0) is 15.1. The van der Waals surface area contributed by atoms with Gasteiger partial charge in [-0.1, -0.05) is 30.3 Å². The molecule has 0 aromatic heterocycles. The van der Waals surface area contributed by atoms with E-state index in [-0.39, 0.29) is 18.5 Å². The van der Waals surface area contributed by atoms with Crippen molar-refractivity contribution in [2.75, 3.05) is 13.2 Å². The second-order valence-corrected chi connectivity index (χ2v) is 4.96. The van der Waals surface area contributed by atoms with Crippen LogP contribution in [0, 0.1) is 5.82 Å². The molecule has 0 fully saturated rings. The number of hydrogen-bond acceptors (Lipinski definition) is 3. The topological polar surface area (TPSA) is 41.5 Å². The zero-order valence-corrected chi connectivity index (χ0v) is 12.0. The minimum absolute atomic E-state index is 0.159. The SMILES string of the molecule is C[C@H](NC[C@H](O)COc1ccc(F)cc1)c1ccccc1. The maximum Gasteiger partial charge on any atom is 0.123 e. The fourth-order valence-corrected chi connectivity index (χ4v) is 1.95. The molecule has 0 saturated carbocycles. The predicted octanol–water partition coefficient (Wildman–Crippen LogP) is 2.92. The van der Waals surface area contributed by atoms with Crippen LogP contribution in [-0.2, 0) is 0 Å². The van der Waals surface area contributed by atoms with Crippen LogP contribution in [0.3, 0.4) is 0 Å². The van der Waals surface area contributed by atoms with Gasteiger partial charge in [0, 0.05) is 12.6 Å². The Morgan fingerprint density at radius 1 is 1.10 bits per heavy atom. The van der Waals surface area contributed by atoms with Crippen LogP contribution in [0.4, 0.5) is 4.39 Å². The van der Waals surface area contributed by atoms with E-state index in [1.165, 1.54) is 17.7 Å². The van der Waals surface area contributed by atoms with Crippen molar-refractivity contribution in [3.8, 4) is 5.75 Å². The quantitative estimate of drug-likeness (QED) is 0.823. The minimum Gasteiger partial charge on any atom is -0.491 e. The Hall–Kier alpha value is -1.91. The highest BCUT2D eigenvalue weighted by Crippen LogP contribution is 2.12. The molecular formula is C17H20FNO2. The lowest BCUT2D eigenvalue weighted by molar-refractivity contribution is 0.104. The molecule has 2 rings (SSSR count). The number of aliphatic hydroxyl groups excluding tert-OH is 1. The molecule has 2 aromatic rings. The van der Waals surface area contributed by atoms with E-state index in [1.807, 2.05) is 37.3 Å². The lowest BCUT2D eigenvalue weighted by atomic mass is 10.1. The summed E-state index contributed by atoms with van der Waals surface area (Å²) in [6, 6.07) is 15.9. The van der Waals surface area contributed by atoms with Crippen LogP contribution in [0.25, 0.3) is 0 Å². The number of ether oxygens (including phenoxy) is 1. The molecule has 0 aliphatic rings. The first-order valence-electron chi connectivity index (χ1n) is 7.00. The van der Waals surface area contributed by atoms with E-state index < -0.39 is 6.10 Å². The van der Waals surface area contributed by atoms with Gasteiger partial charge in [-0.25, -0.2) is 4.39 Å². The Morgan fingerprint density at radius 2 is 1.76 bits per heavy atom. The molecule has 112 valence electrons. The Balaban J connectivity index is 1.72. The lowest BCUT2D eigenvalue weighted by Crippen LogP contribution is -2.33. The smallest absolute Gasteiger partial charge is 0.123 e. The molecule has 0 aliphatic carbocycles. The summed E-state index contributed by atoms with van der Waals surface area (Å²) in [5.74, 6) is 0.243. The molecule has 3 nitrogen and oxygen atoms in total. The number of nitrogens with one attached hydrogen (secondary N) is 1. The summed E-state index contributed by atoms with van der Waals surface area (Å²) in [7, 11) is 0. The molecule has 0 radical (unpaired) electrons. The molecule has 2 atom stereocenters. The second kappa shape index (κ2) is 7.76. The van der Waals surface area contributed by atoms with Gasteiger partial charge in [0.2, 0.25) is 0 Å². The van der Waals surface area contributed by atoms with Crippen molar-refractivity contribution in [2.24, 2.45) is 0 Å². The van der Waals surface area contributed by atoms with Gasteiger partial charge in [-0.3, -0.25) is 0 Å². The molecule has 0 bridgehead atoms. The molecular weight excluding hydrogens is 269 g/mol. The fraction of sp³-hybridized carbons (Fsp3) is 0.294. The molecule has 2 N–H and O–H groups in total. The second-order valence-electron chi connectivity index (χ2n) is 4.96. The number of aliphatic hydroxyl groups is 1. The van der Waals surface area contributed by atoms with Crippen molar-refractivity contribution in [3.05, 3.63) is 66.0 Å². The van der Waals surface area contributed by atoms with Crippen LogP contribution in [0.2, 0.25) is 0 Å². The Kier molecular flexibility index (Phi) is 5.72. The lowest BCUT2D eigenvalue weighted by Gasteiger charge is -2.18. The molecule has 21 heavy (non-hydrogen) atoms. The largest absolute Gasteiger partial charge is 0.491 e. The van der Waals surface area contributed by atoms with E-state index >= 15 is 0 Å². The molecule has 0 unspecified atom stereocenters. The maximum atomic E-state index is 12.7. The van der Waals surface area contributed by atoms with Crippen LogP contribution in [-0.4, -0.2) is 24.4 Å². The van der Waals surface area contributed by atoms with Crippen molar-refractivity contribution >= 4 is 0 Å². The summed E-state index contributed by atoms with van der Waals surface area (Å²) >= 11 is 0. The first-order valence-corrected chi connectivity index (χ1v) is 7.00. The van der Waals surface area contributed by atoms with E-state index in [1.54, 1.807) is 12.1 Å². The summed E-state index contributed by atoms with van der Waals surface area (Å²) in [5, 5.41) is 13.2. The molecule has 0 spiro atoms. The number of hydrogen-bond donors (Lipinski definition) is 2. The Morgan fingerprint density at radius 3 is 2.43 bits per heavy atom. The highest BCUT2D eigenvalue weighted by atomic mass is 19.1. The van der Waals surface area contributed by atoms with E-state index in [4.69, 9.17) is 4.74 Å². The third-order valence-corrected chi connectivity index (χ3v) is 3.22. The van der Waals surface area contributed by atoms with Crippen molar-refractivity contribution in [1.29, 1.82) is 0 Å².